The summed E-state index contributed by atoms with van der Waals surface area (Å²) in [5, 5.41) is 0. The third-order valence-electron chi connectivity index (χ3n) is 4.87. The van der Waals surface area contributed by atoms with Crippen LogP contribution in [-0.2, 0) is 14.3 Å². The van der Waals surface area contributed by atoms with Crippen LogP contribution in [0.15, 0.2) is 18.3 Å². The lowest BCUT2D eigenvalue weighted by molar-refractivity contribution is -0.137. The van der Waals surface area contributed by atoms with Gasteiger partial charge in [0, 0.05) is 32.4 Å². The number of carbonyl (C=O) groups excluding carboxylic acids is 2. The van der Waals surface area contributed by atoms with Gasteiger partial charge in [-0.2, -0.15) is 0 Å². The van der Waals surface area contributed by atoms with Gasteiger partial charge in [0.15, 0.2) is 6.61 Å². The standard InChI is InChI=1S/C19H27N3O4/c1-14-10-15(2)12-22(11-14)17(23)13-26-19(24)16-4-3-5-20-18(16)21-6-8-25-9-7-21/h3-5,14-15H,6-13H2,1-2H3. The second kappa shape index (κ2) is 8.49. The van der Waals surface area contributed by atoms with E-state index in [0.717, 1.165) is 19.5 Å². The Morgan fingerprint density at radius 3 is 2.62 bits per heavy atom. The fourth-order valence-corrected chi connectivity index (χ4v) is 3.75. The highest BCUT2D eigenvalue weighted by molar-refractivity contribution is 5.96. The summed E-state index contributed by atoms with van der Waals surface area (Å²) in [6.07, 6.45) is 2.78. The number of esters is 1. The van der Waals surface area contributed by atoms with Crippen LogP contribution in [0.4, 0.5) is 5.82 Å². The normalized spacial score (nSPS) is 23.6. The zero-order valence-corrected chi connectivity index (χ0v) is 15.5. The number of pyridine rings is 1. The molecule has 1 amide bonds. The minimum Gasteiger partial charge on any atom is -0.452 e. The molecule has 2 aliphatic heterocycles. The minimum atomic E-state index is -0.508. The van der Waals surface area contributed by atoms with Gasteiger partial charge in [0.25, 0.3) is 5.91 Å². The summed E-state index contributed by atoms with van der Waals surface area (Å²) in [6, 6.07) is 3.39. The molecule has 0 radical (unpaired) electrons. The molecule has 26 heavy (non-hydrogen) atoms. The number of morpholine rings is 1. The number of rotatable bonds is 4. The number of amides is 1. The van der Waals surface area contributed by atoms with E-state index in [2.05, 4.69) is 18.8 Å². The number of likely N-dealkylation sites (tertiary alicyclic amines) is 1. The molecule has 2 unspecified atom stereocenters. The second-order valence-corrected chi connectivity index (χ2v) is 7.29. The Balaban J connectivity index is 1.61. The van der Waals surface area contributed by atoms with Crippen molar-refractivity contribution in [3.63, 3.8) is 0 Å². The van der Waals surface area contributed by atoms with E-state index in [9.17, 15) is 9.59 Å². The zero-order valence-electron chi connectivity index (χ0n) is 15.5. The molecule has 3 rings (SSSR count). The highest BCUT2D eigenvalue weighted by atomic mass is 16.5. The summed E-state index contributed by atoms with van der Waals surface area (Å²) >= 11 is 0. The van der Waals surface area contributed by atoms with Crippen LogP contribution in [0.2, 0.25) is 0 Å². The maximum Gasteiger partial charge on any atom is 0.342 e. The highest BCUT2D eigenvalue weighted by Crippen LogP contribution is 2.22. The lowest BCUT2D eigenvalue weighted by atomic mass is 9.92. The quantitative estimate of drug-likeness (QED) is 0.758. The Kier molecular flexibility index (Phi) is 6.08. The molecule has 1 aromatic heterocycles. The molecule has 7 heteroatoms. The van der Waals surface area contributed by atoms with Gasteiger partial charge in [-0.15, -0.1) is 0 Å². The van der Waals surface area contributed by atoms with Crippen LogP contribution in [-0.4, -0.2) is 67.8 Å². The Bertz CT molecular complexity index is 635. The van der Waals surface area contributed by atoms with E-state index < -0.39 is 5.97 Å². The molecule has 0 saturated carbocycles. The number of nitrogens with zero attached hydrogens (tertiary/aromatic N) is 3. The first-order valence-corrected chi connectivity index (χ1v) is 9.27. The number of piperidine rings is 1. The molecule has 142 valence electrons. The van der Waals surface area contributed by atoms with Gasteiger partial charge in [-0.3, -0.25) is 4.79 Å². The fraction of sp³-hybridized carbons (Fsp3) is 0.632. The van der Waals surface area contributed by atoms with Crippen molar-refractivity contribution in [1.82, 2.24) is 9.88 Å². The molecule has 0 aromatic carbocycles. The van der Waals surface area contributed by atoms with Crippen LogP contribution in [0.5, 0.6) is 0 Å². The number of ether oxygens (including phenoxy) is 2. The maximum absolute atomic E-state index is 12.5. The largest absolute Gasteiger partial charge is 0.452 e. The van der Waals surface area contributed by atoms with Crippen molar-refractivity contribution in [2.75, 3.05) is 50.9 Å². The monoisotopic (exact) mass is 361 g/mol. The fourth-order valence-electron chi connectivity index (χ4n) is 3.75. The number of aromatic nitrogens is 1. The van der Waals surface area contributed by atoms with Crippen molar-refractivity contribution in [3.8, 4) is 0 Å². The second-order valence-electron chi connectivity index (χ2n) is 7.29. The van der Waals surface area contributed by atoms with E-state index in [1.807, 2.05) is 4.90 Å². The third kappa shape index (κ3) is 4.52. The molecular weight excluding hydrogens is 334 g/mol. The lowest BCUT2D eigenvalue weighted by Crippen LogP contribution is -2.44. The number of anilines is 1. The van der Waals surface area contributed by atoms with Gasteiger partial charge in [-0.1, -0.05) is 13.8 Å². The van der Waals surface area contributed by atoms with Gasteiger partial charge in [0.05, 0.1) is 13.2 Å². The van der Waals surface area contributed by atoms with Gasteiger partial charge >= 0.3 is 5.97 Å². The topological polar surface area (TPSA) is 72.0 Å². The zero-order chi connectivity index (χ0) is 18.5. The Labute approximate surface area is 154 Å². The first kappa shape index (κ1) is 18.6. The minimum absolute atomic E-state index is 0.131. The number of hydrogen-bond acceptors (Lipinski definition) is 6. The molecule has 2 fully saturated rings. The van der Waals surface area contributed by atoms with Crippen LogP contribution in [0.25, 0.3) is 0 Å². The predicted octanol–water partition coefficient (Wildman–Crippen LogP) is 1.58. The van der Waals surface area contributed by atoms with Crippen molar-refractivity contribution in [2.24, 2.45) is 11.8 Å². The van der Waals surface area contributed by atoms with Gasteiger partial charge in [-0.25, -0.2) is 9.78 Å². The van der Waals surface area contributed by atoms with Gasteiger partial charge in [0.2, 0.25) is 0 Å². The van der Waals surface area contributed by atoms with Gasteiger partial charge in [0.1, 0.15) is 11.4 Å². The SMILES string of the molecule is CC1CC(C)CN(C(=O)COC(=O)c2cccnc2N2CCOCC2)C1. The van der Waals surface area contributed by atoms with Crippen molar-refractivity contribution < 1.29 is 19.1 Å². The molecule has 7 nitrogen and oxygen atoms in total. The maximum atomic E-state index is 12.5. The summed E-state index contributed by atoms with van der Waals surface area (Å²) in [5.74, 6) is 0.905. The average Bonchev–Trinajstić information content (AvgIpc) is 2.65. The molecule has 0 spiro atoms. The average molecular weight is 361 g/mol. The molecule has 2 saturated heterocycles. The summed E-state index contributed by atoms with van der Waals surface area (Å²) < 4.78 is 10.7. The molecular formula is C19H27N3O4. The van der Waals surface area contributed by atoms with Crippen molar-refractivity contribution in [2.45, 2.75) is 20.3 Å². The lowest BCUT2D eigenvalue weighted by Gasteiger charge is -2.34. The van der Waals surface area contributed by atoms with Crippen LogP contribution >= 0.6 is 0 Å². The van der Waals surface area contributed by atoms with Gasteiger partial charge in [-0.05, 0) is 30.4 Å². The van der Waals surface area contributed by atoms with Crippen LogP contribution in [0.1, 0.15) is 30.6 Å². The molecule has 0 bridgehead atoms. The van der Waals surface area contributed by atoms with Crippen LogP contribution in [0.3, 0.4) is 0 Å². The van der Waals surface area contributed by atoms with Crippen LogP contribution in [0, 0.1) is 11.8 Å². The van der Waals surface area contributed by atoms with Crippen molar-refractivity contribution >= 4 is 17.7 Å². The smallest absolute Gasteiger partial charge is 0.342 e. The first-order valence-electron chi connectivity index (χ1n) is 9.27. The van der Waals surface area contributed by atoms with E-state index in [1.54, 1.807) is 23.2 Å². The van der Waals surface area contributed by atoms with E-state index >= 15 is 0 Å². The van der Waals surface area contributed by atoms with Gasteiger partial charge < -0.3 is 19.3 Å². The molecule has 0 N–H and O–H groups in total. The summed E-state index contributed by atoms with van der Waals surface area (Å²) in [5.41, 5.74) is 0.391. The summed E-state index contributed by atoms with van der Waals surface area (Å²) in [6.45, 7) is 8.09. The number of carbonyl (C=O) groups is 2. The molecule has 2 atom stereocenters. The molecule has 1 aromatic rings. The summed E-state index contributed by atoms with van der Waals surface area (Å²) in [7, 11) is 0. The molecule has 0 aliphatic carbocycles. The number of hydrogen-bond donors (Lipinski definition) is 0. The van der Waals surface area contributed by atoms with E-state index in [-0.39, 0.29) is 12.5 Å². The first-order chi connectivity index (χ1) is 12.5. The molecule has 2 aliphatic rings. The van der Waals surface area contributed by atoms with Crippen molar-refractivity contribution in [3.05, 3.63) is 23.9 Å². The highest BCUT2D eigenvalue weighted by Gasteiger charge is 2.27. The Morgan fingerprint density at radius 1 is 1.23 bits per heavy atom. The van der Waals surface area contributed by atoms with E-state index in [1.165, 1.54) is 0 Å². The Hall–Kier alpha value is -2.15. The summed E-state index contributed by atoms with van der Waals surface area (Å²) in [4.78, 5) is 33.1. The van der Waals surface area contributed by atoms with E-state index in [4.69, 9.17) is 9.47 Å². The van der Waals surface area contributed by atoms with E-state index in [0.29, 0.717) is 49.5 Å². The molecule has 3 heterocycles. The third-order valence-corrected chi connectivity index (χ3v) is 4.87. The van der Waals surface area contributed by atoms with Crippen molar-refractivity contribution in [1.29, 1.82) is 0 Å². The predicted molar refractivity (Wildman–Crippen MR) is 97.1 cm³/mol. The Morgan fingerprint density at radius 2 is 1.92 bits per heavy atom. The van der Waals surface area contributed by atoms with Crippen LogP contribution < -0.4 is 4.90 Å².